The molecule has 0 aliphatic rings. The number of halogens is 2. The van der Waals surface area contributed by atoms with Crippen molar-refractivity contribution in [2.45, 2.75) is 19.7 Å². The van der Waals surface area contributed by atoms with Crippen LogP contribution < -0.4 is 10.1 Å². The molecule has 0 aliphatic heterocycles. The van der Waals surface area contributed by atoms with E-state index in [-0.39, 0.29) is 12.4 Å². The van der Waals surface area contributed by atoms with Gasteiger partial charge in [-0.2, -0.15) is 0 Å². The van der Waals surface area contributed by atoms with E-state index in [1.165, 1.54) is 6.07 Å². The summed E-state index contributed by atoms with van der Waals surface area (Å²) in [6.45, 7) is 1.55. The summed E-state index contributed by atoms with van der Waals surface area (Å²) < 4.78 is 19.3. The minimum Gasteiger partial charge on any atom is -0.489 e. The van der Waals surface area contributed by atoms with Crippen molar-refractivity contribution in [1.29, 1.82) is 0 Å². The standard InChI is InChI=1S/C20H18ClFN2O/c21-19-5-3-6-20(22)18(19)14-25-17-9-7-15(8-10-17)12-23-13-16-4-1-2-11-24-16/h1-11,23H,12-14H2. The maximum Gasteiger partial charge on any atom is 0.131 e. The summed E-state index contributed by atoms with van der Waals surface area (Å²) in [5.74, 6) is 0.315. The Kier molecular flexibility index (Phi) is 5.99. The molecule has 25 heavy (non-hydrogen) atoms. The van der Waals surface area contributed by atoms with Gasteiger partial charge >= 0.3 is 0 Å². The third-order valence-electron chi connectivity index (χ3n) is 3.73. The van der Waals surface area contributed by atoms with Gasteiger partial charge in [0.15, 0.2) is 0 Å². The number of ether oxygens (including phenoxy) is 1. The van der Waals surface area contributed by atoms with Gasteiger partial charge in [0.05, 0.1) is 10.7 Å². The predicted octanol–water partition coefficient (Wildman–Crippen LogP) is 4.74. The van der Waals surface area contributed by atoms with E-state index in [1.54, 1.807) is 18.3 Å². The average molecular weight is 357 g/mol. The quantitative estimate of drug-likeness (QED) is 0.663. The highest BCUT2D eigenvalue weighted by Gasteiger charge is 2.07. The number of hydrogen-bond acceptors (Lipinski definition) is 3. The molecule has 0 spiro atoms. The highest BCUT2D eigenvalue weighted by atomic mass is 35.5. The number of pyridine rings is 1. The van der Waals surface area contributed by atoms with Crippen molar-refractivity contribution >= 4 is 11.6 Å². The summed E-state index contributed by atoms with van der Waals surface area (Å²) in [4.78, 5) is 4.27. The fourth-order valence-corrected chi connectivity index (χ4v) is 2.58. The number of nitrogens with one attached hydrogen (secondary N) is 1. The van der Waals surface area contributed by atoms with Gasteiger partial charge in [-0.1, -0.05) is 35.9 Å². The Morgan fingerprint density at radius 1 is 0.960 bits per heavy atom. The van der Waals surface area contributed by atoms with Gasteiger partial charge in [-0.25, -0.2) is 4.39 Å². The van der Waals surface area contributed by atoms with Gasteiger partial charge in [0.2, 0.25) is 0 Å². The van der Waals surface area contributed by atoms with E-state index in [9.17, 15) is 4.39 Å². The topological polar surface area (TPSA) is 34.1 Å². The molecule has 0 amide bonds. The molecule has 1 N–H and O–H groups in total. The molecule has 128 valence electrons. The van der Waals surface area contributed by atoms with Gasteiger partial charge in [0.25, 0.3) is 0 Å². The number of benzene rings is 2. The van der Waals surface area contributed by atoms with Crippen LogP contribution in [0.2, 0.25) is 5.02 Å². The lowest BCUT2D eigenvalue weighted by Gasteiger charge is -2.10. The van der Waals surface area contributed by atoms with E-state index < -0.39 is 0 Å². The Labute approximate surface area is 151 Å². The molecule has 0 unspecified atom stereocenters. The third-order valence-corrected chi connectivity index (χ3v) is 4.08. The maximum absolute atomic E-state index is 13.7. The van der Waals surface area contributed by atoms with E-state index in [0.717, 1.165) is 17.8 Å². The zero-order valence-corrected chi connectivity index (χ0v) is 14.3. The molecule has 0 fully saturated rings. The second kappa shape index (κ2) is 8.60. The van der Waals surface area contributed by atoms with Gasteiger partial charge in [0.1, 0.15) is 18.2 Å². The van der Waals surface area contributed by atoms with Crippen molar-refractivity contribution in [3.05, 3.63) is 94.5 Å². The molecule has 0 saturated heterocycles. The van der Waals surface area contributed by atoms with Gasteiger partial charge < -0.3 is 10.1 Å². The Morgan fingerprint density at radius 2 is 1.80 bits per heavy atom. The number of rotatable bonds is 7. The maximum atomic E-state index is 13.7. The first kappa shape index (κ1) is 17.4. The van der Waals surface area contributed by atoms with E-state index in [0.29, 0.717) is 22.9 Å². The second-order valence-corrected chi connectivity index (χ2v) is 5.96. The first-order valence-electron chi connectivity index (χ1n) is 7.97. The van der Waals surface area contributed by atoms with E-state index in [2.05, 4.69) is 10.3 Å². The van der Waals surface area contributed by atoms with Crippen LogP contribution in [0.1, 0.15) is 16.8 Å². The highest BCUT2D eigenvalue weighted by molar-refractivity contribution is 6.31. The number of hydrogen-bond donors (Lipinski definition) is 1. The molecular formula is C20H18ClFN2O. The van der Waals surface area contributed by atoms with E-state index >= 15 is 0 Å². The third kappa shape index (κ3) is 5.02. The molecule has 0 atom stereocenters. The average Bonchev–Trinajstić information content (AvgIpc) is 2.63. The van der Waals surface area contributed by atoms with Crippen LogP contribution in [0.3, 0.4) is 0 Å². The summed E-state index contributed by atoms with van der Waals surface area (Å²) in [6, 6.07) is 18.1. The SMILES string of the molecule is Fc1cccc(Cl)c1COc1ccc(CNCc2ccccn2)cc1. The van der Waals surface area contributed by atoms with Crippen molar-refractivity contribution in [2.75, 3.05) is 0 Å². The molecule has 1 aromatic heterocycles. The molecule has 0 aliphatic carbocycles. The smallest absolute Gasteiger partial charge is 0.131 e. The van der Waals surface area contributed by atoms with E-state index in [4.69, 9.17) is 16.3 Å². The molecule has 1 heterocycles. The minimum absolute atomic E-state index is 0.1000. The molecule has 0 bridgehead atoms. The highest BCUT2D eigenvalue weighted by Crippen LogP contribution is 2.21. The Morgan fingerprint density at radius 3 is 2.52 bits per heavy atom. The fraction of sp³-hybridized carbons (Fsp3) is 0.150. The largest absolute Gasteiger partial charge is 0.489 e. The van der Waals surface area contributed by atoms with Crippen molar-refractivity contribution < 1.29 is 9.13 Å². The number of aromatic nitrogens is 1. The predicted molar refractivity (Wildman–Crippen MR) is 97.0 cm³/mol. The minimum atomic E-state index is -0.358. The van der Waals surface area contributed by atoms with E-state index in [1.807, 2.05) is 42.5 Å². The first-order valence-corrected chi connectivity index (χ1v) is 8.35. The van der Waals surface area contributed by atoms with Crippen LogP contribution in [0.4, 0.5) is 4.39 Å². The van der Waals surface area contributed by atoms with Crippen LogP contribution in [0.15, 0.2) is 66.9 Å². The molecule has 0 radical (unpaired) electrons. The Bertz CT molecular complexity index is 789. The zero-order chi connectivity index (χ0) is 17.5. The molecular weight excluding hydrogens is 339 g/mol. The van der Waals surface area contributed by atoms with Crippen molar-refractivity contribution in [3.63, 3.8) is 0 Å². The molecule has 0 saturated carbocycles. The molecule has 5 heteroatoms. The number of nitrogens with zero attached hydrogens (tertiary/aromatic N) is 1. The van der Waals surface area contributed by atoms with Crippen LogP contribution in [-0.4, -0.2) is 4.98 Å². The summed E-state index contributed by atoms with van der Waals surface area (Å²) in [5, 5.41) is 3.71. The van der Waals surface area contributed by atoms with Crippen LogP contribution in [0, 0.1) is 5.82 Å². The summed E-state index contributed by atoms with van der Waals surface area (Å²) in [5.41, 5.74) is 2.50. The molecule has 2 aromatic carbocycles. The monoisotopic (exact) mass is 356 g/mol. The molecule has 3 aromatic rings. The Balaban J connectivity index is 1.50. The molecule has 3 rings (SSSR count). The van der Waals surface area contributed by atoms with Crippen molar-refractivity contribution in [2.24, 2.45) is 0 Å². The van der Waals surface area contributed by atoms with Crippen LogP contribution in [0.5, 0.6) is 5.75 Å². The normalized spacial score (nSPS) is 10.6. The Hall–Kier alpha value is -2.43. The lowest BCUT2D eigenvalue weighted by Crippen LogP contribution is -2.13. The van der Waals surface area contributed by atoms with Crippen LogP contribution in [0.25, 0.3) is 0 Å². The first-order chi connectivity index (χ1) is 12.2. The van der Waals surface area contributed by atoms with Gasteiger partial charge in [-0.3, -0.25) is 4.98 Å². The van der Waals surface area contributed by atoms with Crippen molar-refractivity contribution in [1.82, 2.24) is 10.3 Å². The van der Waals surface area contributed by atoms with Gasteiger partial charge in [-0.05, 0) is 42.0 Å². The fourth-order valence-electron chi connectivity index (χ4n) is 2.37. The van der Waals surface area contributed by atoms with Gasteiger partial charge in [0, 0.05) is 24.8 Å². The van der Waals surface area contributed by atoms with Crippen LogP contribution in [-0.2, 0) is 19.7 Å². The van der Waals surface area contributed by atoms with Gasteiger partial charge in [-0.15, -0.1) is 0 Å². The van der Waals surface area contributed by atoms with Crippen molar-refractivity contribution in [3.8, 4) is 5.75 Å². The lowest BCUT2D eigenvalue weighted by atomic mass is 10.2. The molecule has 3 nitrogen and oxygen atoms in total. The van der Waals surface area contributed by atoms with Crippen LogP contribution >= 0.6 is 11.6 Å². The lowest BCUT2D eigenvalue weighted by molar-refractivity contribution is 0.300. The zero-order valence-electron chi connectivity index (χ0n) is 13.6. The summed E-state index contributed by atoms with van der Waals surface area (Å²) in [7, 11) is 0. The summed E-state index contributed by atoms with van der Waals surface area (Å²) >= 11 is 6.00. The second-order valence-electron chi connectivity index (χ2n) is 5.56. The summed E-state index contributed by atoms with van der Waals surface area (Å²) in [6.07, 6.45) is 1.78.